The number of benzene rings is 1. The third kappa shape index (κ3) is 7.69. The summed E-state index contributed by atoms with van der Waals surface area (Å²) in [6.45, 7) is 1.81. The molecule has 1 aliphatic heterocycles. The number of nitrogens with one attached hydrogen (secondary N) is 2. The van der Waals surface area contributed by atoms with Crippen LogP contribution in [0.4, 0.5) is 0 Å². The quantitative estimate of drug-likeness (QED) is 0.438. The molecule has 1 saturated carbocycles. The Morgan fingerprint density at radius 1 is 1.15 bits per heavy atom. The summed E-state index contributed by atoms with van der Waals surface area (Å²) >= 11 is 0. The number of cyclic esters (lactones) is 1. The lowest BCUT2D eigenvalue weighted by Crippen LogP contribution is -2.50. The van der Waals surface area contributed by atoms with Crippen molar-refractivity contribution in [2.45, 2.75) is 76.3 Å². The predicted octanol–water partition coefficient (Wildman–Crippen LogP) is 3.06. The van der Waals surface area contributed by atoms with Gasteiger partial charge in [-0.25, -0.2) is 0 Å². The number of ether oxygens (including phenoxy) is 1. The number of allylic oxidation sites excluding steroid dienone is 2. The summed E-state index contributed by atoms with van der Waals surface area (Å²) in [5.74, 6) is -1.46. The third-order valence-corrected chi connectivity index (χ3v) is 6.86. The van der Waals surface area contributed by atoms with Gasteiger partial charge in [0.15, 0.2) is 0 Å². The number of rotatable bonds is 6. The molecule has 1 fully saturated rings. The minimum Gasteiger partial charge on any atom is -0.463 e. The zero-order valence-electron chi connectivity index (χ0n) is 20.1. The summed E-state index contributed by atoms with van der Waals surface area (Å²) in [6, 6.07) is 9.53. The van der Waals surface area contributed by atoms with Crippen molar-refractivity contribution in [2.24, 2.45) is 11.8 Å². The maximum absolute atomic E-state index is 12.9. The molecule has 1 aromatic rings. The molecule has 0 radical (unpaired) electrons. The van der Waals surface area contributed by atoms with Gasteiger partial charge < -0.3 is 20.5 Å². The normalized spacial score (nSPS) is 25.9. The lowest BCUT2D eigenvalue weighted by atomic mass is 9.94. The van der Waals surface area contributed by atoms with Gasteiger partial charge in [-0.05, 0) is 51.0 Å². The number of carbonyl (C=O) groups excluding carboxylic acids is 3. The molecule has 2 amide bonds. The van der Waals surface area contributed by atoms with Crippen molar-refractivity contribution in [3.8, 4) is 0 Å². The fourth-order valence-electron chi connectivity index (χ4n) is 4.83. The fraction of sp³-hybridized carbons (Fsp3) is 0.593. The van der Waals surface area contributed by atoms with E-state index in [9.17, 15) is 19.5 Å². The highest BCUT2D eigenvalue weighted by atomic mass is 16.5. The Kier molecular flexibility index (Phi) is 9.69. The lowest BCUT2D eigenvalue weighted by molar-refractivity contribution is -0.150. The highest BCUT2D eigenvalue weighted by Gasteiger charge is 2.35. The average Bonchev–Trinajstić information content (AvgIpc) is 3.29. The van der Waals surface area contributed by atoms with E-state index < -0.39 is 11.5 Å². The van der Waals surface area contributed by atoms with Crippen LogP contribution >= 0.6 is 0 Å². The van der Waals surface area contributed by atoms with E-state index in [4.69, 9.17) is 4.74 Å². The van der Waals surface area contributed by atoms with Crippen molar-refractivity contribution >= 4 is 17.8 Å². The Morgan fingerprint density at radius 2 is 1.88 bits per heavy atom. The lowest BCUT2D eigenvalue weighted by Gasteiger charge is -2.29. The van der Waals surface area contributed by atoms with Crippen LogP contribution in [-0.4, -0.2) is 47.7 Å². The van der Waals surface area contributed by atoms with E-state index in [1.54, 1.807) is 6.92 Å². The van der Waals surface area contributed by atoms with Gasteiger partial charge in [0.2, 0.25) is 11.8 Å². The van der Waals surface area contributed by atoms with Crippen molar-refractivity contribution < 1.29 is 24.2 Å². The van der Waals surface area contributed by atoms with Gasteiger partial charge >= 0.3 is 5.97 Å². The zero-order chi connectivity index (χ0) is 24.4. The minimum atomic E-state index is -0.554. The Balaban J connectivity index is 1.63. The van der Waals surface area contributed by atoms with E-state index in [0.717, 1.165) is 31.2 Å². The summed E-state index contributed by atoms with van der Waals surface area (Å²) < 4.78 is 5.55. The number of aliphatic hydroxyl groups is 1. The van der Waals surface area contributed by atoms with E-state index in [1.807, 2.05) is 42.5 Å². The van der Waals surface area contributed by atoms with Crippen molar-refractivity contribution in [3.05, 3.63) is 48.0 Å². The van der Waals surface area contributed by atoms with Crippen LogP contribution in [0.1, 0.15) is 63.9 Å². The molecule has 0 bridgehead atoms. The zero-order valence-corrected chi connectivity index (χ0v) is 20.1. The van der Waals surface area contributed by atoms with Crippen LogP contribution in [0.25, 0.3) is 0 Å². The number of hydrogen-bond donors (Lipinski definition) is 3. The molecule has 1 heterocycles. The Hall–Kier alpha value is -2.67. The van der Waals surface area contributed by atoms with Crippen LogP contribution < -0.4 is 10.6 Å². The number of carbonyl (C=O) groups is 3. The largest absolute Gasteiger partial charge is 0.463 e. The molecule has 7 heteroatoms. The van der Waals surface area contributed by atoms with E-state index >= 15 is 0 Å². The molecule has 2 aliphatic rings. The summed E-state index contributed by atoms with van der Waals surface area (Å²) in [6.07, 6.45) is 9.86. The predicted molar refractivity (Wildman–Crippen MR) is 130 cm³/mol. The SMILES string of the molecule is CC1COC(=O)C(Cc2ccccc2)CCC=CCC(CC(=O)NC2(CO)CCCC2)C(=O)N1. The first-order chi connectivity index (χ1) is 16.4. The van der Waals surface area contributed by atoms with Crippen LogP contribution in [0.15, 0.2) is 42.5 Å². The van der Waals surface area contributed by atoms with E-state index in [0.29, 0.717) is 25.7 Å². The molecular weight excluding hydrogens is 432 g/mol. The summed E-state index contributed by atoms with van der Waals surface area (Å²) in [5.41, 5.74) is 0.537. The van der Waals surface area contributed by atoms with Gasteiger partial charge in [-0.15, -0.1) is 0 Å². The molecule has 7 nitrogen and oxygen atoms in total. The highest BCUT2D eigenvalue weighted by molar-refractivity contribution is 5.86. The topological polar surface area (TPSA) is 105 Å². The van der Waals surface area contributed by atoms with E-state index in [-0.39, 0.29) is 49.4 Å². The molecule has 34 heavy (non-hydrogen) atoms. The van der Waals surface area contributed by atoms with Crippen molar-refractivity contribution in [3.63, 3.8) is 0 Å². The van der Waals surface area contributed by atoms with Crippen LogP contribution in [0.5, 0.6) is 0 Å². The maximum atomic E-state index is 12.9. The molecule has 3 unspecified atom stereocenters. The third-order valence-electron chi connectivity index (χ3n) is 6.86. The summed E-state index contributed by atoms with van der Waals surface area (Å²) in [5, 5.41) is 15.7. The Labute approximate surface area is 202 Å². The molecule has 1 aromatic carbocycles. The van der Waals surface area contributed by atoms with Crippen molar-refractivity contribution in [2.75, 3.05) is 13.2 Å². The molecule has 0 spiro atoms. The molecule has 186 valence electrons. The number of aliphatic hydroxyl groups excluding tert-OH is 1. The molecule has 1 aliphatic carbocycles. The average molecular weight is 471 g/mol. The minimum absolute atomic E-state index is 0.0566. The molecule has 3 N–H and O–H groups in total. The summed E-state index contributed by atoms with van der Waals surface area (Å²) in [7, 11) is 0. The second-order valence-electron chi connectivity index (χ2n) is 9.81. The molecule has 0 aromatic heterocycles. The van der Waals surface area contributed by atoms with Crippen LogP contribution in [0.2, 0.25) is 0 Å². The van der Waals surface area contributed by atoms with Crippen molar-refractivity contribution in [1.82, 2.24) is 10.6 Å². The standard InChI is InChI=1S/C27H38N2O5/c1-20-18-34-26(33)23(16-21-10-4-2-5-11-21)13-7-3-6-12-22(25(32)28-20)17-24(31)29-27(19-30)14-8-9-15-27/h2-6,10-11,20,22-23,30H,7-9,12-19H2,1H3,(H,28,32)(H,29,31). The van der Waals surface area contributed by atoms with Gasteiger partial charge in [-0.2, -0.15) is 0 Å². The van der Waals surface area contributed by atoms with Gasteiger partial charge in [-0.1, -0.05) is 55.3 Å². The highest BCUT2D eigenvalue weighted by Crippen LogP contribution is 2.29. The monoisotopic (exact) mass is 470 g/mol. The van der Waals surface area contributed by atoms with E-state index in [2.05, 4.69) is 10.6 Å². The van der Waals surface area contributed by atoms with Gasteiger partial charge in [0.1, 0.15) is 6.61 Å². The van der Waals surface area contributed by atoms with Crippen LogP contribution in [0, 0.1) is 11.8 Å². The van der Waals surface area contributed by atoms with Crippen LogP contribution in [-0.2, 0) is 25.5 Å². The van der Waals surface area contributed by atoms with Gasteiger partial charge in [0.05, 0.1) is 30.0 Å². The Bertz CT molecular complexity index is 848. The van der Waals surface area contributed by atoms with E-state index in [1.165, 1.54) is 0 Å². The Morgan fingerprint density at radius 3 is 2.59 bits per heavy atom. The number of esters is 1. The first kappa shape index (κ1) is 25.9. The first-order valence-corrected chi connectivity index (χ1v) is 12.5. The molecule has 3 rings (SSSR count). The van der Waals surface area contributed by atoms with Gasteiger partial charge in [-0.3, -0.25) is 14.4 Å². The number of amides is 2. The second-order valence-corrected chi connectivity index (χ2v) is 9.81. The summed E-state index contributed by atoms with van der Waals surface area (Å²) in [4.78, 5) is 38.4. The second kappa shape index (κ2) is 12.7. The molecular formula is C27H38N2O5. The molecule has 3 atom stereocenters. The number of hydrogen-bond acceptors (Lipinski definition) is 5. The van der Waals surface area contributed by atoms with Gasteiger partial charge in [0, 0.05) is 6.42 Å². The van der Waals surface area contributed by atoms with Crippen LogP contribution in [0.3, 0.4) is 0 Å². The maximum Gasteiger partial charge on any atom is 0.309 e. The van der Waals surface area contributed by atoms with Crippen molar-refractivity contribution in [1.29, 1.82) is 0 Å². The molecule has 0 saturated heterocycles. The van der Waals surface area contributed by atoms with Gasteiger partial charge in [0.25, 0.3) is 0 Å². The first-order valence-electron chi connectivity index (χ1n) is 12.5. The fourth-order valence-corrected chi connectivity index (χ4v) is 4.83. The smallest absolute Gasteiger partial charge is 0.309 e.